The number of ether oxygens (including phenoxy) is 1. The van der Waals surface area contributed by atoms with Crippen LogP contribution in [0.25, 0.3) is 0 Å². The van der Waals surface area contributed by atoms with Crippen molar-refractivity contribution >= 4 is 5.91 Å². The molecule has 1 aliphatic heterocycles. The largest absolute Gasteiger partial charge is 0.475 e. The van der Waals surface area contributed by atoms with Gasteiger partial charge in [-0.25, -0.2) is 0 Å². The van der Waals surface area contributed by atoms with E-state index in [-0.39, 0.29) is 6.23 Å². The molecule has 4 nitrogen and oxygen atoms in total. The van der Waals surface area contributed by atoms with Crippen LogP contribution in [0, 0.1) is 0 Å². The first-order valence-corrected chi connectivity index (χ1v) is 4.52. The van der Waals surface area contributed by atoms with Gasteiger partial charge in [0.25, 0.3) is 0 Å². The summed E-state index contributed by atoms with van der Waals surface area (Å²) < 4.78 is 5.39. The van der Waals surface area contributed by atoms with Crippen molar-refractivity contribution < 1.29 is 9.53 Å². The summed E-state index contributed by atoms with van der Waals surface area (Å²) in [6.45, 7) is 0. The summed E-state index contributed by atoms with van der Waals surface area (Å²) in [5.74, 6) is 0.265. The number of hydrogen-bond acceptors (Lipinski definition) is 3. The topological polar surface area (TPSA) is 78.3 Å². The first-order chi connectivity index (χ1) is 6.68. The lowest BCUT2D eigenvalue weighted by Gasteiger charge is -2.24. The Kier molecular flexibility index (Phi) is 2.13. The molecule has 1 amide bonds. The number of carbonyl (C=O) groups is 1. The van der Waals surface area contributed by atoms with E-state index in [1.165, 1.54) is 0 Å². The number of amides is 1. The Morgan fingerprint density at radius 2 is 2.29 bits per heavy atom. The number of carbonyl (C=O) groups excluding carboxylic acids is 1. The highest BCUT2D eigenvalue weighted by Gasteiger charge is 2.20. The normalized spacial score (nSPS) is 19.6. The highest BCUT2D eigenvalue weighted by atomic mass is 16.5. The Hall–Kier alpha value is -1.55. The molecule has 2 rings (SSSR count). The maximum absolute atomic E-state index is 11.1. The molecule has 0 unspecified atom stereocenters. The van der Waals surface area contributed by atoms with Gasteiger partial charge in [-0.05, 0) is 18.6 Å². The van der Waals surface area contributed by atoms with Crippen LogP contribution in [0.15, 0.2) is 18.2 Å². The summed E-state index contributed by atoms with van der Waals surface area (Å²) >= 11 is 0. The van der Waals surface area contributed by atoms with Gasteiger partial charge in [-0.15, -0.1) is 0 Å². The van der Waals surface area contributed by atoms with Crippen molar-refractivity contribution in [1.82, 2.24) is 0 Å². The number of hydrogen-bond donors (Lipinski definition) is 2. The van der Waals surface area contributed by atoms with Crippen LogP contribution in [0.4, 0.5) is 0 Å². The molecule has 1 aliphatic rings. The van der Waals surface area contributed by atoms with Crippen LogP contribution in [-0.2, 0) is 6.42 Å². The van der Waals surface area contributed by atoms with Crippen molar-refractivity contribution in [2.75, 3.05) is 0 Å². The standard InChI is InChI=1S/C10H12N2O2/c11-9-5-4-6-7(10(12)13)2-1-3-8(6)14-9/h1-3,9H,4-5,11H2,(H2,12,13)/t9-/m1/s1. The molecule has 14 heavy (non-hydrogen) atoms. The molecule has 0 radical (unpaired) electrons. The zero-order chi connectivity index (χ0) is 10.1. The molecule has 4 heteroatoms. The maximum Gasteiger partial charge on any atom is 0.249 e. The monoisotopic (exact) mass is 192 g/mol. The van der Waals surface area contributed by atoms with Gasteiger partial charge in [0.15, 0.2) is 0 Å². The van der Waals surface area contributed by atoms with Gasteiger partial charge < -0.3 is 10.5 Å². The molecule has 0 bridgehead atoms. The lowest BCUT2D eigenvalue weighted by atomic mass is 9.99. The second kappa shape index (κ2) is 3.31. The lowest BCUT2D eigenvalue weighted by Crippen LogP contribution is -2.32. The van der Waals surface area contributed by atoms with E-state index < -0.39 is 5.91 Å². The number of rotatable bonds is 1. The number of nitrogens with two attached hydrogens (primary N) is 2. The molecular weight excluding hydrogens is 180 g/mol. The van der Waals surface area contributed by atoms with E-state index in [0.29, 0.717) is 11.3 Å². The van der Waals surface area contributed by atoms with Crippen molar-refractivity contribution in [3.63, 3.8) is 0 Å². The average Bonchev–Trinajstić information content (AvgIpc) is 2.16. The Bertz CT molecular complexity index is 376. The van der Waals surface area contributed by atoms with E-state index in [2.05, 4.69) is 0 Å². The Morgan fingerprint density at radius 1 is 1.50 bits per heavy atom. The summed E-state index contributed by atoms with van der Waals surface area (Å²) in [7, 11) is 0. The fourth-order valence-electron chi connectivity index (χ4n) is 1.67. The zero-order valence-electron chi connectivity index (χ0n) is 7.69. The van der Waals surface area contributed by atoms with Crippen molar-refractivity contribution in [3.05, 3.63) is 29.3 Å². The van der Waals surface area contributed by atoms with Crippen LogP contribution < -0.4 is 16.2 Å². The van der Waals surface area contributed by atoms with E-state index >= 15 is 0 Å². The second-order valence-corrected chi connectivity index (χ2v) is 3.34. The first kappa shape index (κ1) is 9.02. The van der Waals surface area contributed by atoms with Crippen LogP contribution in [0.2, 0.25) is 0 Å². The Morgan fingerprint density at radius 3 is 3.00 bits per heavy atom. The van der Waals surface area contributed by atoms with E-state index in [4.69, 9.17) is 16.2 Å². The van der Waals surface area contributed by atoms with Crippen LogP contribution in [0.1, 0.15) is 22.3 Å². The van der Waals surface area contributed by atoms with Gasteiger partial charge in [0.1, 0.15) is 12.0 Å². The zero-order valence-corrected chi connectivity index (χ0v) is 7.69. The molecule has 0 aliphatic carbocycles. The molecule has 0 spiro atoms. The van der Waals surface area contributed by atoms with Crippen molar-refractivity contribution in [1.29, 1.82) is 0 Å². The molecule has 74 valence electrons. The third-order valence-electron chi connectivity index (χ3n) is 2.36. The third-order valence-corrected chi connectivity index (χ3v) is 2.36. The number of benzene rings is 1. The van der Waals surface area contributed by atoms with Gasteiger partial charge in [-0.1, -0.05) is 6.07 Å². The Labute approximate surface area is 81.8 Å². The SMILES string of the molecule is NC(=O)c1cccc2c1CC[C@H](N)O2. The molecule has 1 heterocycles. The van der Waals surface area contributed by atoms with Gasteiger partial charge in [0, 0.05) is 17.5 Å². The first-order valence-electron chi connectivity index (χ1n) is 4.52. The minimum absolute atomic E-state index is 0.273. The van der Waals surface area contributed by atoms with E-state index in [1.807, 2.05) is 0 Å². The highest BCUT2D eigenvalue weighted by molar-refractivity contribution is 5.95. The highest BCUT2D eigenvalue weighted by Crippen LogP contribution is 2.28. The fourth-order valence-corrected chi connectivity index (χ4v) is 1.67. The number of primary amides is 1. The molecule has 0 saturated carbocycles. The molecule has 0 fully saturated rings. The van der Waals surface area contributed by atoms with Gasteiger partial charge in [0.05, 0.1) is 0 Å². The minimum atomic E-state index is -0.416. The summed E-state index contributed by atoms with van der Waals surface area (Å²) in [5, 5.41) is 0. The summed E-state index contributed by atoms with van der Waals surface area (Å²) in [5.41, 5.74) is 12.3. The molecule has 4 N–H and O–H groups in total. The minimum Gasteiger partial charge on any atom is -0.475 e. The summed E-state index contributed by atoms with van der Waals surface area (Å²) in [4.78, 5) is 11.1. The lowest BCUT2D eigenvalue weighted by molar-refractivity contribution is 0.0996. The summed E-state index contributed by atoms with van der Waals surface area (Å²) in [6, 6.07) is 5.26. The predicted molar refractivity (Wildman–Crippen MR) is 51.9 cm³/mol. The van der Waals surface area contributed by atoms with E-state index in [0.717, 1.165) is 18.4 Å². The maximum atomic E-state index is 11.1. The van der Waals surface area contributed by atoms with Crippen LogP contribution in [0.5, 0.6) is 5.75 Å². The second-order valence-electron chi connectivity index (χ2n) is 3.34. The van der Waals surface area contributed by atoms with Crippen LogP contribution >= 0.6 is 0 Å². The van der Waals surface area contributed by atoms with Gasteiger partial charge in [-0.2, -0.15) is 0 Å². The van der Waals surface area contributed by atoms with E-state index in [9.17, 15) is 4.79 Å². The fraction of sp³-hybridized carbons (Fsp3) is 0.300. The van der Waals surface area contributed by atoms with Crippen molar-refractivity contribution in [2.24, 2.45) is 11.5 Å². The number of fused-ring (bicyclic) bond motifs is 1. The third kappa shape index (κ3) is 1.44. The quantitative estimate of drug-likeness (QED) is 0.675. The molecule has 0 aromatic heterocycles. The predicted octanol–water partition coefficient (Wildman–Crippen LogP) is 0.395. The molecule has 1 aromatic rings. The smallest absolute Gasteiger partial charge is 0.249 e. The molecule has 1 atom stereocenters. The average molecular weight is 192 g/mol. The van der Waals surface area contributed by atoms with Gasteiger partial charge in [0.2, 0.25) is 5.91 Å². The molecule has 0 saturated heterocycles. The molecule has 1 aromatic carbocycles. The van der Waals surface area contributed by atoms with Crippen LogP contribution in [0.3, 0.4) is 0 Å². The molecular formula is C10H12N2O2. The van der Waals surface area contributed by atoms with Gasteiger partial charge in [-0.3, -0.25) is 10.5 Å². The summed E-state index contributed by atoms with van der Waals surface area (Å²) in [6.07, 6.45) is 1.19. The van der Waals surface area contributed by atoms with Gasteiger partial charge >= 0.3 is 0 Å². The van der Waals surface area contributed by atoms with Crippen molar-refractivity contribution in [2.45, 2.75) is 19.1 Å². The van der Waals surface area contributed by atoms with E-state index in [1.54, 1.807) is 18.2 Å². The van der Waals surface area contributed by atoms with Crippen LogP contribution in [-0.4, -0.2) is 12.1 Å². The van der Waals surface area contributed by atoms with Crippen molar-refractivity contribution in [3.8, 4) is 5.75 Å². The Balaban J connectivity index is 2.46.